The van der Waals surface area contributed by atoms with E-state index in [1.807, 2.05) is 6.92 Å². The number of ether oxygens (including phenoxy) is 1. The molecule has 6 heteroatoms. The van der Waals surface area contributed by atoms with Gasteiger partial charge in [-0.2, -0.15) is 0 Å². The number of carbonyl (C=O) groups excluding carboxylic acids is 1. The standard InChI is InChI=1S/C11H20F2N2O2/c1-2-11(4-3-5-15-11)10(16)14-6-7-17-8-9(12)13/h9,15H,2-8H2,1H3,(H,14,16). The van der Waals surface area contributed by atoms with Gasteiger partial charge in [0.2, 0.25) is 5.91 Å². The van der Waals surface area contributed by atoms with Crippen LogP contribution in [0.4, 0.5) is 8.78 Å². The Morgan fingerprint density at radius 1 is 1.59 bits per heavy atom. The Hall–Kier alpha value is -0.750. The average Bonchev–Trinajstić information content (AvgIpc) is 2.77. The molecular weight excluding hydrogens is 230 g/mol. The Balaban J connectivity index is 2.20. The highest BCUT2D eigenvalue weighted by Gasteiger charge is 2.38. The van der Waals surface area contributed by atoms with Crippen LogP contribution in [0.5, 0.6) is 0 Å². The highest BCUT2D eigenvalue weighted by atomic mass is 19.3. The summed E-state index contributed by atoms with van der Waals surface area (Å²) in [6.07, 6.45) is 0.0942. The third-order valence-corrected chi connectivity index (χ3v) is 3.06. The second-order valence-electron chi connectivity index (χ2n) is 4.19. The van der Waals surface area contributed by atoms with Gasteiger partial charge in [0, 0.05) is 6.54 Å². The smallest absolute Gasteiger partial charge is 0.261 e. The van der Waals surface area contributed by atoms with E-state index in [1.54, 1.807) is 0 Å². The second-order valence-corrected chi connectivity index (χ2v) is 4.19. The minimum Gasteiger partial charge on any atom is -0.374 e. The highest BCUT2D eigenvalue weighted by Crippen LogP contribution is 2.22. The molecule has 2 N–H and O–H groups in total. The molecule has 1 aliphatic heterocycles. The molecule has 100 valence electrons. The fraction of sp³-hybridized carbons (Fsp3) is 0.909. The number of hydrogen-bond acceptors (Lipinski definition) is 3. The number of nitrogens with one attached hydrogen (secondary N) is 2. The lowest BCUT2D eigenvalue weighted by Crippen LogP contribution is -2.53. The second kappa shape index (κ2) is 6.86. The monoisotopic (exact) mass is 250 g/mol. The number of amides is 1. The highest BCUT2D eigenvalue weighted by molar-refractivity contribution is 5.86. The Morgan fingerprint density at radius 2 is 2.35 bits per heavy atom. The molecule has 0 spiro atoms. The molecule has 0 saturated carbocycles. The predicted molar refractivity (Wildman–Crippen MR) is 60.1 cm³/mol. The molecule has 0 aromatic heterocycles. The van der Waals surface area contributed by atoms with Crippen molar-refractivity contribution in [2.24, 2.45) is 0 Å². The first-order valence-electron chi connectivity index (χ1n) is 6.00. The zero-order valence-electron chi connectivity index (χ0n) is 10.1. The van der Waals surface area contributed by atoms with Crippen molar-refractivity contribution in [2.45, 2.75) is 38.2 Å². The lowest BCUT2D eigenvalue weighted by atomic mass is 9.93. The third kappa shape index (κ3) is 4.20. The van der Waals surface area contributed by atoms with Crippen LogP contribution < -0.4 is 10.6 Å². The van der Waals surface area contributed by atoms with Crippen molar-refractivity contribution in [3.05, 3.63) is 0 Å². The number of alkyl halides is 2. The van der Waals surface area contributed by atoms with Crippen LogP contribution in [-0.4, -0.2) is 44.2 Å². The van der Waals surface area contributed by atoms with Crippen molar-refractivity contribution in [1.82, 2.24) is 10.6 Å². The normalized spacial score (nSPS) is 24.2. The topological polar surface area (TPSA) is 50.4 Å². The molecule has 1 amide bonds. The van der Waals surface area contributed by atoms with Crippen molar-refractivity contribution in [3.63, 3.8) is 0 Å². The van der Waals surface area contributed by atoms with Crippen LogP contribution in [0.2, 0.25) is 0 Å². The molecule has 0 aromatic rings. The Labute approximate surface area is 100 Å². The quantitative estimate of drug-likeness (QED) is 0.660. The van der Waals surface area contributed by atoms with Gasteiger partial charge in [0.1, 0.15) is 6.61 Å². The van der Waals surface area contributed by atoms with Crippen LogP contribution in [0.1, 0.15) is 26.2 Å². The van der Waals surface area contributed by atoms with Crippen LogP contribution in [0, 0.1) is 0 Å². The molecule has 0 bridgehead atoms. The lowest BCUT2D eigenvalue weighted by Gasteiger charge is -2.26. The van der Waals surface area contributed by atoms with Crippen molar-refractivity contribution in [3.8, 4) is 0 Å². The SMILES string of the molecule is CCC1(C(=O)NCCOCC(F)F)CCCN1. The number of halogens is 2. The van der Waals surface area contributed by atoms with Gasteiger partial charge in [-0.25, -0.2) is 8.78 Å². The lowest BCUT2D eigenvalue weighted by molar-refractivity contribution is -0.127. The summed E-state index contributed by atoms with van der Waals surface area (Å²) in [4.78, 5) is 11.9. The van der Waals surface area contributed by atoms with E-state index in [-0.39, 0.29) is 19.1 Å². The zero-order valence-corrected chi connectivity index (χ0v) is 10.1. The minimum atomic E-state index is -2.45. The third-order valence-electron chi connectivity index (χ3n) is 3.06. The van der Waals surface area contributed by atoms with Gasteiger partial charge in [-0.15, -0.1) is 0 Å². The van der Waals surface area contributed by atoms with Crippen molar-refractivity contribution >= 4 is 5.91 Å². The molecule has 1 fully saturated rings. The fourth-order valence-corrected chi connectivity index (χ4v) is 2.04. The molecule has 1 rings (SSSR count). The van der Waals surface area contributed by atoms with E-state index >= 15 is 0 Å². The van der Waals surface area contributed by atoms with Gasteiger partial charge in [0.05, 0.1) is 12.1 Å². The van der Waals surface area contributed by atoms with Gasteiger partial charge in [-0.05, 0) is 25.8 Å². The maximum atomic E-state index is 11.9. The Morgan fingerprint density at radius 3 is 2.88 bits per heavy atom. The molecule has 1 unspecified atom stereocenters. The van der Waals surface area contributed by atoms with E-state index in [0.717, 1.165) is 25.8 Å². The van der Waals surface area contributed by atoms with Gasteiger partial charge in [0.15, 0.2) is 0 Å². The molecule has 1 heterocycles. The van der Waals surface area contributed by atoms with Crippen LogP contribution in [0.3, 0.4) is 0 Å². The van der Waals surface area contributed by atoms with Crippen molar-refractivity contribution in [1.29, 1.82) is 0 Å². The maximum absolute atomic E-state index is 11.9. The van der Waals surface area contributed by atoms with Gasteiger partial charge >= 0.3 is 0 Å². The summed E-state index contributed by atoms with van der Waals surface area (Å²) < 4.78 is 28.2. The van der Waals surface area contributed by atoms with Gasteiger partial charge in [-0.1, -0.05) is 6.92 Å². The summed E-state index contributed by atoms with van der Waals surface area (Å²) in [6, 6.07) is 0. The Kier molecular flexibility index (Phi) is 5.77. The average molecular weight is 250 g/mol. The fourth-order valence-electron chi connectivity index (χ4n) is 2.04. The van der Waals surface area contributed by atoms with Gasteiger partial charge in [-0.3, -0.25) is 4.79 Å². The first-order valence-corrected chi connectivity index (χ1v) is 6.00. The summed E-state index contributed by atoms with van der Waals surface area (Å²) >= 11 is 0. The number of carbonyl (C=O) groups is 1. The first kappa shape index (κ1) is 14.3. The first-order chi connectivity index (χ1) is 8.10. The molecule has 4 nitrogen and oxygen atoms in total. The van der Waals surface area contributed by atoms with Crippen LogP contribution in [0.25, 0.3) is 0 Å². The van der Waals surface area contributed by atoms with E-state index in [0.29, 0.717) is 0 Å². The van der Waals surface area contributed by atoms with E-state index < -0.39 is 18.6 Å². The van der Waals surface area contributed by atoms with Crippen molar-refractivity contribution in [2.75, 3.05) is 26.3 Å². The molecule has 17 heavy (non-hydrogen) atoms. The van der Waals surface area contributed by atoms with E-state index in [4.69, 9.17) is 0 Å². The molecule has 1 aliphatic rings. The minimum absolute atomic E-state index is 0.0573. The maximum Gasteiger partial charge on any atom is 0.261 e. The van der Waals surface area contributed by atoms with Crippen LogP contribution >= 0.6 is 0 Å². The van der Waals surface area contributed by atoms with Crippen molar-refractivity contribution < 1.29 is 18.3 Å². The molecule has 0 radical (unpaired) electrons. The summed E-state index contributed by atoms with van der Waals surface area (Å²) in [7, 11) is 0. The number of rotatable bonds is 7. The summed E-state index contributed by atoms with van der Waals surface area (Å²) in [5.74, 6) is -0.0573. The van der Waals surface area contributed by atoms with E-state index in [2.05, 4.69) is 15.4 Å². The molecule has 0 aliphatic carbocycles. The zero-order chi connectivity index (χ0) is 12.7. The van der Waals surface area contributed by atoms with Crippen LogP contribution in [0.15, 0.2) is 0 Å². The number of hydrogen-bond donors (Lipinski definition) is 2. The van der Waals surface area contributed by atoms with E-state index in [1.165, 1.54) is 0 Å². The summed E-state index contributed by atoms with van der Waals surface area (Å²) in [5, 5.41) is 5.92. The molecule has 1 atom stereocenters. The van der Waals surface area contributed by atoms with Gasteiger partial charge < -0.3 is 15.4 Å². The Bertz CT molecular complexity index is 244. The molecular formula is C11H20F2N2O2. The largest absolute Gasteiger partial charge is 0.374 e. The molecule has 0 aromatic carbocycles. The summed E-state index contributed by atoms with van der Waals surface area (Å²) in [5.41, 5.74) is -0.470. The van der Waals surface area contributed by atoms with Crippen LogP contribution in [-0.2, 0) is 9.53 Å². The van der Waals surface area contributed by atoms with E-state index in [9.17, 15) is 13.6 Å². The summed E-state index contributed by atoms with van der Waals surface area (Å²) in [6.45, 7) is 2.63. The van der Waals surface area contributed by atoms with Gasteiger partial charge in [0.25, 0.3) is 6.43 Å². The molecule has 1 saturated heterocycles. The predicted octanol–water partition coefficient (Wildman–Crippen LogP) is 0.916.